The third-order valence-corrected chi connectivity index (χ3v) is 4.28. The smallest absolute Gasteiger partial charge is 0.487 e. The molecule has 1 aliphatic heterocycles. The number of rotatable bonds is 2. The summed E-state index contributed by atoms with van der Waals surface area (Å²) in [5.74, 6) is -2.58. The molecule has 0 spiro atoms. The minimum Gasteiger partial charge on any atom is -0.487 e. The Morgan fingerprint density at radius 3 is 1.72 bits per heavy atom. The zero-order valence-electron chi connectivity index (χ0n) is 17.0. The summed E-state index contributed by atoms with van der Waals surface area (Å²) >= 11 is 0. The van der Waals surface area contributed by atoms with Crippen LogP contribution in [0.2, 0.25) is 0 Å². The molecule has 32 heavy (non-hydrogen) atoms. The van der Waals surface area contributed by atoms with Gasteiger partial charge in [-0.1, -0.05) is 24.3 Å². The average molecular weight is 450 g/mol. The third-order valence-electron chi connectivity index (χ3n) is 4.28. The van der Waals surface area contributed by atoms with Gasteiger partial charge in [-0.05, 0) is 24.3 Å². The largest absolute Gasteiger partial charge is 0.643 e. The van der Waals surface area contributed by atoms with Crippen molar-refractivity contribution in [1.82, 2.24) is 0 Å². The lowest BCUT2D eigenvalue weighted by molar-refractivity contribution is -0.841. The average Bonchev–Trinajstić information content (AvgIpc) is 2.77. The highest BCUT2D eigenvalue weighted by atomic mass is 16.8. The Hall–Kier alpha value is -3.48. The van der Waals surface area contributed by atoms with E-state index in [9.17, 15) is 20.2 Å². The van der Waals surface area contributed by atoms with Crippen molar-refractivity contribution in [2.45, 2.75) is 5.85 Å². The summed E-state index contributed by atoms with van der Waals surface area (Å²) in [6.07, 6.45) is 0. The van der Waals surface area contributed by atoms with Crippen molar-refractivity contribution in [1.29, 1.82) is 0 Å². The van der Waals surface area contributed by atoms with Gasteiger partial charge in [0.05, 0.1) is 33.0 Å². The van der Waals surface area contributed by atoms with E-state index in [1.165, 1.54) is 18.2 Å². The standard InChI is InChI=1S/C20H22N2O10/c23-21(24)20(22(25)26)15-29-12-11-27-9-10-28-13-14-30-16-5-1-2-6-17(16)31-18-7-3-4-8-19(18)32-20/h1-8H,9-15H2. The Morgan fingerprint density at radius 1 is 0.656 bits per heavy atom. The number of hydrogen-bond donors (Lipinski definition) is 0. The van der Waals surface area contributed by atoms with Crippen molar-refractivity contribution in [3.63, 3.8) is 0 Å². The number of fused-ring (bicyclic) bond motifs is 2. The monoisotopic (exact) mass is 450 g/mol. The molecule has 0 saturated heterocycles. The lowest BCUT2D eigenvalue weighted by Gasteiger charge is -2.20. The van der Waals surface area contributed by atoms with Crippen LogP contribution in [0.1, 0.15) is 0 Å². The molecule has 3 rings (SSSR count). The molecule has 0 atom stereocenters. The molecule has 0 amide bonds. The van der Waals surface area contributed by atoms with E-state index in [1.54, 1.807) is 30.3 Å². The summed E-state index contributed by atoms with van der Waals surface area (Å²) in [6, 6.07) is 12.6. The van der Waals surface area contributed by atoms with Gasteiger partial charge in [0.2, 0.25) is 6.61 Å². The molecule has 0 aliphatic carbocycles. The molecular formula is C20H22N2O10. The van der Waals surface area contributed by atoms with Gasteiger partial charge in [-0.2, -0.15) is 0 Å². The van der Waals surface area contributed by atoms with Gasteiger partial charge in [0.15, 0.2) is 23.0 Å². The highest BCUT2D eigenvalue weighted by Gasteiger charge is 2.61. The number of benzene rings is 2. The second-order valence-corrected chi connectivity index (χ2v) is 6.48. The highest BCUT2D eigenvalue weighted by molar-refractivity contribution is 5.47. The minimum atomic E-state index is -3.08. The summed E-state index contributed by atoms with van der Waals surface area (Å²) in [6.45, 7) is 0.129. The quantitative estimate of drug-likeness (QED) is 0.380. The van der Waals surface area contributed by atoms with E-state index in [1.807, 2.05) is 0 Å². The van der Waals surface area contributed by atoms with E-state index >= 15 is 0 Å². The lowest BCUT2D eigenvalue weighted by atomic mass is 10.3. The summed E-state index contributed by atoms with van der Waals surface area (Å²) in [5.41, 5.74) is 0. The second-order valence-electron chi connectivity index (χ2n) is 6.48. The molecule has 0 N–H and O–H groups in total. The van der Waals surface area contributed by atoms with Crippen LogP contribution in [0.15, 0.2) is 48.5 Å². The number of para-hydroxylation sites is 4. The number of hydrogen-bond acceptors (Lipinski definition) is 10. The molecule has 0 saturated carbocycles. The van der Waals surface area contributed by atoms with Crippen molar-refractivity contribution in [2.24, 2.45) is 0 Å². The van der Waals surface area contributed by atoms with Crippen LogP contribution >= 0.6 is 0 Å². The van der Waals surface area contributed by atoms with Crippen LogP contribution < -0.4 is 14.2 Å². The third kappa shape index (κ3) is 5.81. The van der Waals surface area contributed by atoms with Crippen LogP contribution in [0.4, 0.5) is 0 Å². The van der Waals surface area contributed by atoms with Crippen LogP contribution in [-0.4, -0.2) is 61.9 Å². The molecular weight excluding hydrogens is 428 g/mol. The highest BCUT2D eigenvalue weighted by Crippen LogP contribution is 2.37. The Labute approximate surface area is 182 Å². The Balaban J connectivity index is 1.94. The van der Waals surface area contributed by atoms with E-state index < -0.39 is 22.3 Å². The Bertz CT molecular complexity index is 909. The van der Waals surface area contributed by atoms with E-state index in [2.05, 4.69) is 0 Å². The van der Waals surface area contributed by atoms with Gasteiger partial charge in [0.1, 0.15) is 16.5 Å². The van der Waals surface area contributed by atoms with Gasteiger partial charge in [-0.25, -0.2) is 0 Å². The molecule has 0 aromatic heterocycles. The Kier molecular flexibility index (Phi) is 8.14. The van der Waals surface area contributed by atoms with Crippen LogP contribution in [0.3, 0.4) is 0 Å². The van der Waals surface area contributed by atoms with Gasteiger partial charge in [0.25, 0.3) is 0 Å². The first kappa shape index (κ1) is 23.2. The molecule has 0 radical (unpaired) electrons. The molecule has 12 heteroatoms. The molecule has 2 aromatic rings. The fourth-order valence-electron chi connectivity index (χ4n) is 2.70. The number of nitro groups is 2. The minimum absolute atomic E-state index is 0.0253. The van der Waals surface area contributed by atoms with Crippen molar-refractivity contribution >= 4 is 0 Å². The first-order valence-electron chi connectivity index (χ1n) is 9.73. The first-order valence-corrected chi connectivity index (χ1v) is 9.73. The van der Waals surface area contributed by atoms with Crippen LogP contribution in [0, 0.1) is 20.2 Å². The van der Waals surface area contributed by atoms with Crippen molar-refractivity contribution in [3.05, 3.63) is 68.8 Å². The van der Waals surface area contributed by atoms with Crippen LogP contribution in [0.5, 0.6) is 23.0 Å². The molecule has 2 aromatic carbocycles. The maximum absolute atomic E-state index is 11.7. The van der Waals surface area contributed by atoms with E-state index in [0.717, 1.165) is 0 Å². The fraction of sp³-hybridized carbons (Fsp3) is 0.400. The van der Waals surface area contributed by atoms with Crippen molar-refractivity contribution in [3.8, 4) is 23.0 Å². The van der Waals surface area contributed by atoms with Crippen molar-refractivity contribution in [2.75, 3.05) is 46.2 Å². The zero-order valence-corrected chi connectivity index (χ0v) is 17.0. The normalized spacial score (nSPS) is 17.6. The van der Waals surface area contributed by atoms with Gasteiger partial charge in [0, 0.05) is 0 Å². The predicted molar refractivity (Wildman–Crippen MR) is 108 cm³/mol. The molecule has 172 valence electrons. The summed E-state index contributed by atoms with van der Waals surface area (Å²) < 4.78 is 32.7. The molecule has 0 unspecified atom stereocenters. The molecule has 0 bridgehead atoms. The maximum atomic E-state index is 11.7. The first-order chi connectivity index (χ1) is 15.5. The number of ether oxygens (including phenoxy) is 6. The number of nitrogens with zero attached hydrogens (tertiary/aromatic N) is 2. The summed E-state index contributed by atoms with van der Waals surface area (Å²) in [4.78, 5) is 21.1. The van der Waals surface area contributed by atoms with Gasteiger partial charge >= 0.3 is 5.85 Å². The van der Waals surface area contributed by atoms with E-state index in [-0.39, 0.29) is 43.7 Å². The zero-order chi connectivity index (χ0) is 22.8. The molecule has 0 fully saturated rings. The van der Waals surface area contributed by atoms with Gasteiger partial charge in [-0.3, -0.25) is 20.2 Å². The summed E-state index contributed by atoms with van der Waals surface area (Å²) in [7, 11) is 0. The molecule has 1 aliphatic rings. The van der Waals surface area contributed by atoms with Gasteiger partial charge in [-0.15, -0.1) is 0 Å². The molecule has 1 heterocycles. The molecule has 12 nitrogen and oxygen atoms in total. The second kappa shape index (κ2) is 11.2. The van der Waals surface area contributed by atoms with Gasteiger partial charge < -0.3 is 28.4 Å². The van der Waals surface area contributed by atoms with E-state index in [4.69, 9.17) is 28.4 Å². The maximum Gasteiger partial charge on any atom is 0.643 e. The lowest BCUT2D eigenvalue weighted by Crippen LogP contribution is -2.55. The van der Waals surface area contributed by atoms with Crippen LogP contribution in [-0.2, 0) is 14.2 Å². The fourth-order valence-corrected chi connectivity index (χ4v) is 2.70. The predicted octanol–water partition coefficient (Wildman–Crippen LogP) is 2.51. The summed E-state index contributed by atoms with van der Waals surface area (Å²) in [5, 5.41) is 23.4. The topological polar surface area (TPSA) is 142 Å². The van der Waals surface area contributed by atoms with E-state index in [0.29, 0.717) is 19.0 Å². The van der Waals surface area contributed by atoms with Crippen molar-refractivity contribution < 1.29 is 38.3 Å². The van der Waals surface area contributed by atoms with Crippen LogP contribution in [0.25, 0.3) is 0 Å². The SMILES string of the molecule is O=[N+]([O-])C1([N+](=O)[O-])COCCOCCOCCOc2ccccc2Oc2ccccc2O1. The Morgan fingerprint density at radius 2 is 1.12 bits per heavy atom.